The highest BCUT2D eigenvalue weighted by atomic mass is 32.1. The molecular weight excluding hydrogens is 378 g/mol. The van der Waals surface area contributed by atoms with E-state index in [0.717, 1.165) is 45.0 Å². The smallest absolute Gasteiger partial charge is 0.260 e. The maximum absolute atomic E-state index is 13.4. The molecule has 27 heavy (non-hydrogen) atoms. The van der Waals surface area contributed by atoms with Gasteiger partial charge >= 0.3 is 0 Å². The van der Waals surface area contributed by atoms with Crippen LogP contribution in [0.1, 0.15) is 23.2 Å². The average Bonchev–Trinajstić information content (AvgIpc) is 3.44. The normalized spacial score (nSPS) is 17.0. The summed E-state index contributed by atoms with van der Waals surface area (Å²) in [6.45, 7) is 1.29. The molecule has 5 rings (SSSR count). The largest absolute Gasteiger partial charge is 0.376 e. The van der Waals surface area contributed by atoms with Crippen molar-refractivity contribution < 1.29 is 9.53 Å². The van der Waals surface area contributed by atoms with Crippen molar-refractivity contribution in [2.75, 3.05) is 18.1 Å². The second kappa shape index (κ2) is 6.99. The summed E-state index contributed by atoms with van der Waals surface area (Å²) in [5, 5.41) is 0.723. The Morgan fingerprint density at radius 2 is 2.11 bits per heavy atom. The van der Waals surface area contributed by atoms with E-state index in [1.807, 2.05) is 42.5 Å². The molecule has 1 saturated heterocycles. The summed E-state index contributed by atoms with van der Waals surface area (Å²) >= 11 is 3.09. The van der Waals surface area contributed by atoms with Crippen LogP contribution in [0.2, 0.25) is 0 Å². The molecule has 5 nitrogen and oxygen atoms in total. The number of ether oxygens (including phenoxy) is 1. The van der Waals surface area contributed by atoms with Gasteiger partial charge in [-0.15, -0.1) is 11.3 Å². The fourth-order valence-electron chi connectivity index (χ4n) is 3.36. The lowest BCUT2D eigenvalue weighted by Gasteiger charge is -2.23. The standard InChI is InChI=1S/C20H17N3O2S2/c24-19(13-7-8-15-18(10-13)26-12-21-15)23(11-14-4-3-9-25-14)20-22-16-5-1-2-6-17(16)27-20/h1-2,5-8,10,12,14H,3-4,9,11H2. The molecule has 1 unspecified atom stereocenters. The first-order chi connectivity index (χ1) is 13.3. The summed E-state index contributed by atoms with van der Waals surface area (Å²) in [6, 6.07) is 13.7. The molecule has 0 saturated carbocycles. The number of fused-ring (bicyclic) bond motifs is 2. The van der Waals surface area contributed by atoms with Crippen molar-refractivity contribution in [2.24, 2.45) is 0 Å². The number of nitrogens with zero attached hydrogens (tertiary/aromatic N) is 3. The summed E-state index contributed by atoms with van der Waals surface area (Å²) in [5.74, 6) is -0.0418. The third-order valence-corrected chi connectivity index (χ3v) is 6.60. The van der Waals surface area contributed by atoms with Gasteiger partial charge in [0, 0.05) is 12.2 Å². The van der Waals surface area contributed by atoms with E-state index in [1.54, 1.807) is 33.1 Å². The van der Waals surface area contributed by atoms with Gasteiger partial charge in [-0.25, -0.2) is 9.97 Å². The number of hydrogen-bond donors (Lipinski definition) is 0. The minimum atomic E-state index is -0.0418. The zero-order valence-corrected chi connectivity index (χ0v) is 16.1. The summed E-state index contributed by atoms with van der Waals surface area (Å²) in [7, 11) is 0. The zero-order chi connectivity index (χ0) is 18.2. The van der Waals surface area contributed by atoms with E-state index in [1.165, 1.54) is 0 Å². The first-order valence-corrected chi connectivity index (χ1v) is 10.6. The summed E-state index contributed by atoms with van der Waals surface area (Å²) in [6.07, 6.45) is 2.08. The number of carbonyl (C=O) groups excluding carboxylic acids is 1. The Hall–Kier alpha value is -2.35. The molecule has 0 N–H and O–H groups in total. The maximum Gasteiger partial charge on any atom is 0.260 e. The Balaban J connectivity index is 1.54. The molecule has 0 radical (unpaired) electrons. The summed E-state index contributed by atoms with van der Waals surface area (Å²) < 4.78 is 7.89. The van der Waals surface area contributed by atoms with Crippen LogP contribution in [0.4, 0.5) is 5.13 Å². The molecule has 2 aromatic heterocycles. The van der Waals surface area contributed by atoms with E-state index >= 15 is 0 Å². The van der Waals surface area contributed by atoms with Gasteiger partial charge in [0.15, 0.2) is 5.13 Å². The Kier molecular flexibility index (Phi) is 4.35. The fraction of sp³-hybridized carbons (Fsp3) is 0.250. The van der Waals surface area contributed by atoms with Gasteiger partial charge in [-0.1, -0.05) is 23.5 Å². The number of benzene rings is 2. The van der Waals surface area contributed by atoms with Crippen molar-refractivity contribution in [3.63, 3.8) is 0 Å². The second-order valence-corrected chi connectivity index (χ2v) is 8.45. The number of hydrogen-bond acceptors (Lipinski definition) is 6. The van der Waals surface area contributed by atoms with Crippen molar-refractivity contribution in [3.05, 3.63) is 53.5 Å². The molecule has 1 aliphatic rings. The number of aromatic nitrogens is 2. The van der Waals surface area contributed by atoms with Crippen LogP contribution in [0.15, 0.2) is 48.0 Å². The molecule has 136 valence electrons. The molecule has 3 heterocycles. The van der Waals surface area contributed by atoms with Gasteiger partial charge in [-0.3, -0.25) is 9.69 Å². The quantitative estimate of drug-likeness (QED) is 0.501. The lowest BCUT2D eigenvalue weighted by molar-refractivity contribution is 0.0917. The lowest BCUT2D eigenvalue weighted by atomic mass is 10.1. The molecule has 2 aromatic carbocycles. The highest BCUT2D eigenvalue weighted by Gasteiger charge is 2.27. The Labute approximate surface area is 164 Å². The zero-order valence-electron chi connectivity index (χ0n) is 14.5. The summed E-state index contributed by atoms with van der Waals surface area (Å²) in [4.78, 5) is 24.2. The molecule has 0 bridgehead atoms. The predicted octanol–water partition coefficient (Wildman–Crippen LogP) is 4.73. The van der Waals surface area contributed by atoms with Gasteiger partial charge in [0.05, 0.1) is 38.6 Å². The molecular formula is C20H17N3O2S2. The van der Waals surface area contributed by atoms with E-state index in [0.29, 0.717) is 12.1 Å². The minimum absolute atomic E-state index is 0.0418. The number of para-hydroxylation sites is 1. The third-order valence-electron chi connectivity index (χ3n) is 4.75. The van der Waals surface area contributed by atoms with Gasteiger partial charge < -0.3 is 4.74 Å². The molecule has 1 amide bonds. The van der Waals surface area contributed by atoms with Crippen molar-refractivity contribution in [1.29, 1.82) is 0 Å². The van der Waals surface area contributed by atoms with Crippen LogP contribution in [0, 0.1) is 0 Å². The first-order valence-electron chi connectivity index (χ1n) is 8.90. The van der Waals surface area contributed by atoms with E-state index < -0.39 is 0 Å². The monoisotopic (exact) mass is 395 g/mol. The number of carbonyl (C=O) groups is 1. The summed E-state index contributed by atoms with van der Waals surface area (Å²) in [5.41, 5.74) is 4.29. The van der Waals surface area contributed by atoms with E-state index in [2.05, 4.69) is 4.98 Å². The minimum Gasteiger partial charge on any atom is -0.376 e. The molecule has 1 atom stereocenters. The van der Waals surface area contributed by atoms with Gasteiger partial charge in [-0.2, -0.15) is 0 Å². The van der Waals surface area contributed by atoms with E-state index in [4.69, 9.17) is 9.72 Å². The lowest BCUT2D eigenvalue weighted by Crippen LogP contribution is -2.37. The predicted molar refractivity (Wildman–Crippen MR) is 110 cm³/mol. The highest BCUT2D eigenvalue weighted by molar-refractivity contribution is 7.22. The van der Waals surface area contributed by atoms with Gasteiger partial charge in [0.2, 0.25) is 0 Å². The highest BCUT2D eigenvalue weighted by Crippen LogP contribution is 2.31. The number of anilines is 1. The van der Waals surface area contributed by atoms with Crippen LogP contribution in [-0.2, 0) is 4.74 Å². The Bertz CT molecular complexity index is 1080. The van der Waals surface area contributed by atoms with Crippen molar-refractivity contribution in [2.45, 2.75) is 18.9 Å². The van der Waals surface area contributed by atoms with E-state index in [-0.39, 0.29) is 12.0 Å². The van der Waals surface area contributed by atoms with Crippen LogP contribution in [0.3, 0.4) is 0 Å². The van der Waals surface area contributed by atoms with Gasteiger partial charge in [0.1, 0.15) is 0 Å². The topological polar surface area (TPSA) is 55.3 Å². The molecule has 0 aliphatic carbocycles. The van der Waals surface area contributed by atoms with Crippen LogP contribution >= 0.6 is 22.7 Å². The molecule has 4 aromatic rings. The van der Waals surface area contributed by atoms with Crippen LogP contribution < -0.4 is 4.90 Å². The first kappa shape index (κ1) is 16.8. The van der Waals surface area contributed by atoms with E-state index in [9.17, 15) is 4.79 Å². The van der Waals surface area contributed by atoms with Crippen LogP contribution in [-0.4, -0.2) is 35.1 Å². The van der Waals surface area contributed by atoms with Crippen LogP contribution in [0.5, 0.6) is 0 Å². The molecule has 7 heteroatoms. The Morgan fingerprint density at radius 1 is 1.19 bits per heavy atom. The van der Waals surface area contributed by atoms with Crippen molar-refractivity contribution in [3.8, 4) is 0 Å². The second-order valence-electron chi connectivity index (χ2n) is 6.55. The SMILES string of the molecule is O=C(c1ccc2ncsc2c1)N(CC1CCCO1)c1nc2ccccc2s1. The number of rotatable bonds is 4. The van der Waals surface area contributed by atoms with Gasteiger partial charge in [-0.05, 0) is 43.2 Å². The van der Waals surface area contributed by atoms with Crippen molar-refractivity contribution >= 4 is 54.1 Å². The average molecular weight is 396 g/mol. The molecule has 1 aliphatic heterocycles. The fourth-order valence-corrected chi connectivity index (χ4v) is 5.05. The number of amides is 1. The molecule has 1 fully saturated rings. The Morgan fingerprint density at radius 3 is 2.96 bits per heavy atom. The maximum atomic E-state index is 13.4. The van der Waals surface area contributed by atoms with Gasteiger partial charge in [0.25, 0.3) is 5.91 Å². The third kappa shape index (κ3) is 3.22. The van der Waals surface area contributed by atoms with Crippen molar-refractivity contribution in [1.82, 2.24) is 9.97 Å². The molecule has 0 spiro atoms. The van der Waals surface area contributed by atoms with Crippen LogP contribution in [0.25, 0.3) is 20.4 Å². The number of thiazole rings is 2.